The number of para-hydroxylation sites is 2. The van der Waals surface area contributed by atoms with Crippen molar-refractivity contribution in [1.29, 1.82) is 0 Å². The highest BCUT2D eigenvalue weighted by Gasteiger charge is 2.18. The summed E-state index contributed by atoms with van der Waals surface area (Å²) in [5.74, 6) is 11.8. The molecule has 0 aliphatic heterocycles. The Balaban J connectivity index is 0.000000155. The van der Waals surface area contributed by atoms with Gasteiger partial charge in [-0.1, -0.05) is 216 Å². The average Bonchev–Trinajstić information content (AvgIpc) is 1.35. The lowest BCUT2D eigenvalue weighted by Crippen LogP contribution is -2.18. The molecule has 9 aromatic heterocycles. The normalized spacial score (nSPS) is 12.7. The van der Waals surface area contributed by atoms with Gasteiger partial charge in [0.15, 0.2) is 0 Å². The number of nitrogen functional groups attached to an aromatic ring is 7. The number of nitrogens with two attached hydrogens (primary N) is 7. The molecule has 6 aromatic carbocycles. The SMILES string of the molecule is CN(C)c1n[nH]c(NCC2CCCCC2)n1.CN(Cc1ccccc1)c1n[nH]c(N)n1.CN(c1ccccc1)c1n[nH]c(N)n1.CNc1n[nH]c(NCC2CCCCC2)n1.Cn1c(N)nnc1NCC1CCCCC1.Nc1nc(NCCCc2ccccc2)n[nH]1.Nc1nc(NCCc2ccccc2)n[nH]1.Nc1nc(NCc2ccccc2)n[nH]1.Nc1nc(Nc2ccccc2)n[nH]1. The van der Waals surface area contributed by atoms with Crippen LogP contribution in [0.3, 0.4) is 0 Å². The Morgan fingerprint density at radius 3 is 1.18 bits per heavy atom. The molecule has 708 valence electrons. The quantitative estimate of drug-likeness (QED) is 0.0186. The van der Waals surface area contributed by atoms with E-state index in [1.807, 2.05) is 190 Å². The fourth-order valence-electron chi connectivity index (χ4n) is 13.8. The molecule has 0 unspecified atom stereocenters. The third kappa shape index (κ3) is 37.7. The van der Waals surface area contributed by atoms with Gasteiger partial charge in [-0.3, -0.25) is 4.57 Å². The Kier molecular flexibility index (Phi) is 41.5. The maximum atomic E-state index is 5.60. The molecule has 0 spiro atoms. The molecule has 15 aromatic rings. The summed E-state index contributed by atoms with van der Waals surface area (Å²) in [6.07, 6.45) is 23.6. The molecule has 0 atom stereocenters. The molecule has 30 N–H and O–H groups in total. The number of aryl methyl sites for hydroxylation is 1. The van der Waals surface area contributed by atoms with E-state index in [0.29, 0.717) is 89.8 Å². The first kappa shape index (κ1) is 99.1. The van der Waals surface area contributed by atoms with Crippen molar-refractivity contribution in [3.05, 3.63) is 204 Å². The van der Waals surface area contributed by atoms with Gasteiger partial charge in [0, 0.05) is 99.5 Å². The summed E-state index contributed by atoms with van der Waals surface area (Å²) in [6.45, 7) is 6.11. The number of hydrogen-bond donors (Lipinski definition) is 23. The Hall–Kier alpha value is -16.0. The molecule has 0 amide bonds. The summed E-state index contributed by atoms with van der Waals surface area (Å²) in [5.41, 5.74) is 45.0. The van der Waals surface area contributed by atoms with Crippen LogP contribution in [0.1, 0.15) is 125 Å². The van der Waals surface area contributed by atoms with Crippen molar-refractivity contribution < 1.29 is 0 Å². The molecule has 0 radical (unpaired) electrons. The summed E-state index contributed by atoms with van der Waals surface area (Å²) in [5, 5.41) is 85.6. The standard InChI is InChI=1S/C11H21N5.C11H15N5.C10H13N5.2C10H19N5.C10H13N5.2C9H11N5.C8H9N5/c1-16(2)11-13-10(14-15-11)12-8-9-6-4-3-5-7-9;12-10-14-11(16-15-10)13-8-4-7-9-5-2-1-3-6-9;1-15(10-12-9(11)13-14-10)7-8-5-3-2-4-6-8;1-15-9(11)13-14-10(15)12-7-8-5-3-2-4-6-8;1-11-9-13-10(15-14-9)12-7-8-5-3-2-4-6-8;11-9-13-10(15-14-9)12-7-6-8-4-2-1-3-5-8;1-14(7-5-3-2-4-6-7)9-11-8(10)12-13-9;10-8-12-9(14-13-8)11-6-7-4-2-1-3-5-7;9-7-11-8(13-12-7)10-6-4-2-1-3-5-6/h9H,3-8H2,1-2H3,(H2,12,13,14,15);1-3,5-6H,4,7-8H2,(H4,12,13,14,15,16);2-6H,7H2,1H3,(H3,11,12,13,14);8H,2-7H2,1H3,(H2,11,13)(H,12,14);8H,2-7H2,1H3,(H3,11,12,13,14,15);1-5H,6-7H2,(H4,11,12,13,14,15);2-6H,1H3,(H3,10,11,12,13);1-5H,6H2,(H4,10,11,12,13,14);1-5H,(H4,9,10,11,12,13). The first-order chi connectivity index (χ1) is 64.8. The lowest BCUT2D eigenvalue weighted by atomic mass is 9.89. The fraction of sp³-hybridized carbons (Fsp3) is 0.386. The molecule has 0 bridgehead atoms. The van der Waals surface area contributed by atoms with Crippen molar-refractivity contribution in [2.45, 2.75) is 129 Å². The smallest absolute Gasteiger partial charge is 0.250 e. The number of aromatic amines is 8. The van der Waals surface area contributed by atoms with E-state index in [-0.39, 0.29) is 0 Å². The van der Waals surface area contributed by atoms with Gasteiger partial charge in [-0.2, -0.15) is 39.9 Å². The predicted octanol–water partition coefficient (Wildman–Crippen LogP) is 11.9. The first-order valence-corrected chi connectivity index (χ1v) is 44.6. The fourth-order valence-corrected chi connectivity index (χ4v) is 13.8. The summed E-state index contributed by atoms with van der Waals surface area (Å²) in [6, 6.07) is 60.3. The molecule has 45 nitrogen and oxygen atoms in total. The highest BCUT2D eigenvalue weighted by molar-refractivity contribution is 5.57. The third-order valence-electron chi connectivity index (χ3n) is 21.0. The van der Waals surface area contributed by atoms with Gasteiger partial charge in [0.2, 0.25) is 101 Å². The lowest BCUT2D eigenvalue weighted by molar-refractivity contribution is 0.372. The van der Waals surface area contributed by atoms with Crippen molar-refractivity contribution in [1.82, 2.24) is 136 Å². The molecule has 3 fully saturated rings. The highest BCUT2D eigenvalue weighted by atomic mass is 15.4. The van der Waals surface area contributed by atoms with Crippen LogP contribution in [-0.2, 0) is 33.0 Å². The molecule has 3 saturated carbocycles. The number of H-pyrrole nitrogens is 8. The number of anilines is 20. The minimum atomic E-state index is 0.304. The second kappa shape index (κ2) is 55.7. The van der Waals surface area contributed by atoms with Gasteiger partial charge in [-0.15, -0.1) is 51.0 Å². The van der Waals surface area contributed by atoms with E-state index in [4.69, 9.17) is 40.1 Å². The topological polar surface area (TPSA) is 651 Å². The van der Waals surface area contributed by atoms with Crippen LogP contribution in [0.2, 0.25) is 0 Å². The zero-order valence-electron chi connectivity index (χ0n) is 76.6. The monoisotopic (exact) mass is 1820 g/mol. The van der Waals surface area contributed by atoms with Crippen LogP contribution in [0.15, 0.2) is 182 Å². The van der Waals surface area contributed by atoms with Gasteiger partial charge in [-0.05, 0) is 122 Å². The van der Waals surface area contributed by atoms with Gasteiger partial charge >= 0.3 is 0 Å². The van der Waals surface area contributed by atoms with Crippen molar-refractivity contribution in [3.8, 4) is 0 Å². The Morgan fingerprint density at radius 2 is 0.744 bits per heavy atom. The summed E-state index contributed by atoms with van der Waals surface area (Å²) < 4.78 is 1.78. The second-order valence-corrected chi connectivity index (χ2v) is 31.7. The molecule has 45 heteroatoms. The van der Waals surface area contributed by atoms with Gasteiger partial charge in [0.05, 0.1) is 0 Å². The molecule has 133 heavy (non-hydrogen) atoms. The van der Waals surface area contributed by atoms with E-state index >= 15 is 0 Å². The summed E-state index contributed by atoms with van der Waals surface area (Å²) in [7, 11) is 11.4. The average molecular weight is 1820 g/mol. The molecule has 0 saturated heterocycles. The molecular formula is C88H131N45. The van der Waals surface area contributed by atoms with Crippen molar-refractivity contribution >= 4 is 118 Å². The van der Waals surface area contributed by atoms with E-state index in [1.165, 1.54) is 119 Å². The number of rotatable bonds is 30. The molecule has 18 rings (SSSR count). The largest absolute Gasteiger partial charge is 0.368 e. The van der Waals surface area contributed by atoms with Gasteiger partial charge in [0.1, 0.15) is 0 Å². The van der Waals surface area contributed by atoms with Crippen LogP contribution in [-0.4, -0.2) is 204 Å². The second-order valence-electron chi connectivity index (χ2n) is 31.7. The van der Waals surface area contributed by atoms with Gasteiger partial charge < -0.3 is 97.4 Å². The number of hydrogen-bond acceptors (Lipinski definition) is 36. The van der Waals surface area contributed by atoms with Gasteiger partial charge in [-0.25, -0.2) is 40.8 Å². The molecule has 9 heterocycles. The van der Waals surface area contributed by atoms with E-state index in [9.17, 15) is 0 Å². The van der Waals surface area contributed by atoms with Crippen LogP contribution < -0.4 is 97.4 Å². The number of nitrogens with zero attached hydrogens (tertiary/aromatic N) is 22. The summed E-state index contributed by atoms with van der Waals surface area (Å²) >= 11 is 0. The van der Waals surface area contributed by atoms with Crippen LogP contribution in [0.5, 0.6) is 0 Å². The van der Waals surface area contributed by atoms with E-state index < -0.39 is 0 Å². The van der Waals surface area contributed by atoms with Crippen LogP contribution in [0, 0.1) is 17.8 Å². The highest BCUT2D eigenvalue weighted by Crippen LogP contribution is 2.27. The molecular weight excluding hydrogens is 1690 g/mol. The van der Waals surface area contributed by atoms with E-state index in [1.54, 1.807) is 4.57 Å². The van der Waals surface area contributed by atoms with Crippen molar-refractivity contribution in [2.75, 3.05) is 165 Å². The minimum Gasteiger partial charge on any atom is -0.368 e. The van der Waals surface area contributed by atoms with Crippen LogP contribution in [0.25, 0.3) is 0 Å². The predicted molar refractivity (Wildman–Crippen MR) is 530 cm³/mol. The van der Waals surface area contributed by atoms with Crippen LogP contribution in [0.4, 0.5) is 118 Å². The Bertz CT molecular complexity index is 5490. The number of nitrogens with one attached hydrogen (secondary N) is 16. The lowest BCUT2D eigenvalue weighted by Gasteiger charge is -2.21. The maximum Gasteiger partial charge on any atom is 0.250 e. The number of benzene rings is 6. The van der Waals surface area contributed by atoms with Crippen molar-refractivity contribution in [2.24, 2.45) is 24.8 Å². The van der Waals surface area contributed by atoms with Gasteiger partial charge in [0.25, 0.3) is 5.95 Å². The Labute approximate surface area is 773 Å². The first-order valence-electron chi connectivity index (χ1n) is 44.6. The van der Waals surface area contributed by atoms with E-state index in [0.717, 1.165) is 111 Å². The molecule has 3 aliphatic carbocycles. The summed E-state index contributed by atoms with van der Waals surface area (Å²) in [4.78, 5) is 38.0. The maximum absolute atomic E-state index is 5.60. The van der Waals surface area contributed by atoms with Crippen LogP contribution >= 0.6 is 0 Å². The van der Waals surface area contributed by atoms with Crippen molar-refractivity contribution in [3.63, 3.8) is 0 Å². The number of aromatic nitrogens is 27. The Morgan fingerprint density at radius 1 is 0.353 bits per heavy atom. The zero-order valence-corrected chi connectivity index (χ0v) is 76.6. The van der Waals surface area contributed by atoms with E-state index in [2.05, 4.69) is 223 Å². The third-order valence-corrected chi connectivity index (χ3v) is 21.0. The molecule has 3 aliphatic rings. The zero-order chi connectivity index (χ0) is 93.8. The minimum absolute atomic E-state index is 0.304.